The Kier molecular flexibility index (Phi) is 2.81. The van der Waals surface area contributed by atoms with E-state index in [1.165, 1.54) is 5.56 Å². The minimum atomic E-state index is 0.00146. The standard InChI is InChI=1S/C18H23N3O2/c1-23-15-5-14-10-20(17(22)18-6-12(7-18)8-18)9-13-3-2-4-19-16(13)21(14)11-15/h2-4,12,14-15H,5-11H2,1H3/t12?,14-,15+,18?/m0/s1. The normalized spacial score (nSPS) is 37.3. The molecule has 4 fully saturated rings. The second-order valence-corrected chi connectivity index (χ2v) is 7.83. The Labute approximate surface area is 136 Å². The van der Waals surface area contributed by atoms with E-state index in [-0.39, 0.29) is 11.5 Å². The predicted molar refractivity (Wildman–Crippen MR) is 86.0 cm³/mol. The number of carbonyl (C=O) groups is 1. The first-order valence-corrected chi connectivity index (χ1v) is 8.71. The monoisotopic (exact) mass is 313 g/mol. The molecule has 0 radical (unpaired) electrons. The third kappa shape index (κ3) is 1.89. The van der Waals surface area contributed by atoms with E-state index in [0.29, 0.717) is 18.5 Å². The van der Waals surface area contributed by atoms with Gasteiger partial charge in [-0.05, 0) is 37.7 Å². The lowest BCUT2D eigenvalue weighted by Gasteiger charge is -2.61. The zero-order valence-corrected chi connectivity index (χ0v) is 13.6. The average molecular weight is 313 g/mol. The summed E-state index contributed by atoms with van der Waals surface area (Å²) in [7, 11) is 1.78. The number of pyridine rings is 1. The van der Waals surface area contributed by atoms with Gasteiger partial charge in [-0.2, -0.15) is 0 Å². The van der Waals surface area contributed by atoms with Crippen LogP contribution in [0, 0.1) is 11.3 Å². The Hall–Kier alpha value is -1.62. The molecule has 0 N–H and O–H groups in total. The van der Waals surface area contributed by atoms with Crippen molar-refractivity contribution in [2.75, 3.05) is 25.1 Å². The van der Waals surface area contributed by atoms with E-state index in [0.717, 1.165) is 50.5 Å². The molecule has 0 unspecified atom stereocenters. The molecule has 1 aromatic heterocycles. The molecule has 1 saturated heterocycles. The Balaban J connectivity index is 1.48. The van der Waals surface area contributed by atoms with E-state index >= 15 is 0 Å². The molecule has 2 atom stereocenters. The summed E-state index contributed by atoms with van der Waals surface area (Å²) in [6.45, 7) is 2.39. The molecule has 1 aromatic rings. The van der Waals surface area contributed by atoms with Crippen molar-refractivity contribution in [1.29, 1.82) is 0 Å². The van der Waals surface area contributed by atoms with Crippen LogP contribution in [0.3, 0.4) is 0 Å². The van der Waals surface area contributed by atoms with Crippen molar-refractivity contribution in [1.82, 2.24) is 9.88 Å². The van der Waals surface area contributed by atoms with Gasteiger partial charge in [0.1, 0.15) is 5.82 Å². The van der Waals surface area contributed by atoms with Gasteiger partial charge in [-0.1, -0.05) is 6.07 Å². The zero-order valence-electron chi connectivity index (χ0n) is 13.6. The van der Waals surface area contributed by atoms with Gasteiger partial charge >= 0.3 is 0 Å². The Morgan fingerprint density at radius 1 is 1.35 bits per heavy atom. The number of anilines is 1. The molecule has 122 valence electrons. The zero-order chi connectivity index (χ0) is 15.6. The van der Waals surface area contributed by atoms with Gasteiger partial charge in [0.05, 0.1) is 17.6 Å². The average Bonchev–Trinajstić information content (AvgIpc) is 2.80. The van der Waals surface area contributed by atoms with E-state index in [2.05, 4.69) is 20.9 Å². The smallest absolute Gasteiger partial charge is 0.229 e. The van der Waals surface area contributed by atoms with Crippen LogP contribution in [-0.4, -0.2) is 48.1 Å². The lowest BCUT2D eigenvalue weighted by Crippen LogP contribution is -2.61. The van der Waals surface area contributed by atoms with Gasteiger partial charge in [-0.15, -0.1) is 0 Å². The summed E-state index contributed by atoms with van der Waals surface area (Å²) in [4.78, 5) is 22.2. The Morgan fingerprint density at radius 2 is 2.17 bits per heavy atom. The van der Waals surface area contributed by atoms with E-state index in [1.807, 2.05) is 12.3 Å². The van der Waals surface area contributed by atoms with Gasteiger partial charge < -0.3 is 14.5 Å². The Morgan fingerprint density at radius 3 is 2.87 bits per heavy atom. The molecule has 0 aromatic carbocycles. The highest BCUT2D eigenvalue weighted by molar-refractivity contribution is 5.86. The highest BCUT2D eigenvalue weighted by atomic mass is 16.5. The maximum atomic E-state index is 13.1. The summed E-state index contributed by atoms with van der Waals surface area (Å²) in [5.74, 6) is 2.27. The van der Waals surface area contributed by atoms with E-state index < -0.39 is 0 Å². The predicted octanol–water partition coefficient (Wildman–Crippen LogP) is 1.82. The van der Waals surface area contributed by atoms with Crippen molar-refractivity contribution in [2.24, 2.45) is 11.3 Å². The van der Waals surface area contributed by atoms with Crippen molar-refractivity contribution in [3.63, 3.8) is 0 Å². The maximum absolute atomic E-state index is 13.1. The fourth-order valence-corrected chi connectivity index (χ4v) is 5.04. The van der Waals surface area contributed by atoms with Crippen molar-refractivity contribution in [3.8, 4) is 0 Å². The number of rotatable bonds is 2. The molecule has 0 spiro atoms. The topological polar surface area (TPSA) is 45.7 Å². The first-order valence-electron chi connectivity index (χ1n) is 8.71. The molecule has 6 rings (SSSR count). The van der Waals surface area contributed by atoms with Crippen LogP contribution in [-0.2, 0) is 16.1 Å². The number of fused-ring (bicyclic) bond motifs is 3. The third-order valence-corrected chi connectivity index (χ3v) is 6.42. The lowest BCUT2D eigenvalue weighted by molar-refractivity contribution is -0.177. The van der Waals surface area contributed by atoms with E-state index in [4.69, 9.17) is 4.74 Å². The maximum Gasteiger partial charge on any atom is 0.229 e. The molecule has 3 heterocycles. The fraction of sp³-hybridized carbons (Fsp3) is 0.667. The van der Waals surface area contributed by atoms with Crippen LogP contribution >= 0.6 is 0 Å². The highest BCUT2D eigenvalue weighted by Gasteiger charge is 2.62. The number of nitrogens with zero attached hydrogens (tertiary/aromatic N) is 3. The quantitative estimate of drug-likeness (QED) is 0.835. The fourth-order valence-electron chi connectivity index (χ4n) is 5.04. The lowest BCUT2D eigenvalue weighted by atomic mass is 9.44. The van der Waals surface area contributed by atoms with Gasteiger partial charge in [0.25, 0.3) is 0 Å². The van der Waals surface area contributed by atoms with Gasteiger partial charge in [0.15, 0.2) is 0 Å². The molecule has 3 saturated carbocycles. The first-order chi connectivity index (χ1) is 11.2. The molecule has 23 heavy (non-hydrogen) atoms. The summed E-state index contributed by atoms with van der Waals surface area (Å²) < 4.78 is 5.59. The first kappa shape index (κ1) is 13.8. The van der Waals surface area contributed by atoms with Crippen LogP contribution < -0.4 is 4.90 Å². The number of ether oxygens (including phenoxy) is 1. The van der Waals surface area contributed by atoms with Crippen molar-refractivity contribution < 1.29 is 9.53 Å². The van der Waals surface area contributed by atoms with Crippen LogP contribution in [0.15, 0.2) is 18.3 Å². The summed E-state index contributed by atoms with van der Waals surface area (Å²) in [5.41, 5.74) is 1.17. The summed E-state index contributed by atoms with van der Waals surface area (Å²) in [5, 5.41) is 0. The molecule has 5 aliphatic rings. The van der Waals surface area contributed by atoms with Gasteiger partial charge in [-0.3, -0.25) is 4.79 Å². The van der Waals surface area contributed by atoms with Gasteiger partial charge in [0, 0.05) is 38.5 Å². The molecule has 5 heteroatoms. The summed E-state index contributed by atoms with van der Waals surface area (Å²) in [6.07, 6.45) is 6.44. The van der Waals surface area contributed by atoms with Crippen LogP contribution in [0.4, 0.5) is 5.82 Å². The van der Waals surface area contributed by atoms with Crippen LogP contribution in [0.2, 0.25) is 0 Å². The van der Waals surface area contributed by atoms with Crippen LogP contribution in [0.1, 0.15) is 31.2 Å². The molecule has 2 aliphatic heterocycles. The molecule has 5 nitrogen and oxygen atoms in total. The molecular weight excluding hydrogens is 290 g/mol. The number of aromatic nitrogens is 1. The van der Waals surface area contributed by atoms with Crippen molar-refractivity contribution in [2.45, 2.75) is 44.4 Å². The van der Waals surface area contributed by atoms with Gasteiger partial charge in [-0.25, -0.2) is 4.98 Å². The molecule has 2 bridgehead atoms. The second kappa shape index (κ2) is 4.69. The Bertz CT molecular complexity index is 644. The second-order valence-electron chi connectivity index (χ2n) is 7.83. The minimum Gasteiger partial charge on any atom is -0.380 e. The number of hydrogen-bond acceptors (Lipinski definition) is 4. The number of carbonyl (C=O) groups excluding carboxylic acids is 1. The number of methoxy groups -OCH3 is 1. The minimum absolute atomic E-state index is 0.00146. The molecule has 1 amide bonds. The SMILES string of the molecule is CO[C@@H]1C[C@H]2CN(C(=O)C34CC(C3)C4)Cc3cccnc3N2C1. The van der Waals surface area contributed by atoms with Crippen molar-refractivity contribution >= 4 is 11.7 Å². The largest absolute Gasteiger partial charge is 0.380 e. The summed E-state index contributed by atoms with van der Waals surface area (Å²) in [6, 6.07) is 4.42. The molecular formula is C18H23N3O2. The van der Waals surface area contributed by atoms with Crippen LogP contribution in [0.25, 0.3) is 0 Å². The van der Waals surface area contributed by atoms with Crippen LogP contribution in [0.5, 0.6) is 0 Å². The van der Waals surface area contributed by atoms with Gasteiger partial charge in [0.2, 0.25) is 5.91 Å². The van der Waals surface area contributed by atoms with Crippen molar-refractivity contribution in [3.05, 3.63) is 23.9 Å². The number of amides is 1. The van der Waals surface area contributed by atoms with E-state index in [1.54, 1.807) is 7.11 Å². The number of hydrogen-bond donors (Lipinski definition) is 0. The third-order valence-electron chi connectivity index (χ3n) is 6.42. The van der Waals surface area contributed by atoms with E-state index in [9.17, 15) is 4.79 Å². The molecule has 3 aliphatic carbocycles. The highest BCUT2D eigenvalue weighted by Crippen LogP contribution is 2.65. The summed E-state index contributed by atoms with van der Waals surface area (Å²) >= 11 is 0.